The van der Waals surface area contributed by atoms with Crippen molar-refractivity contribution in [3.05, 3.63) is 60.4 Å². The van der Waals surface area contributed by atoms with Crippen LogP contribution in [0.2, 0.25) is 0 Å². The number of nitrogens with two attached hydrogens (primary N) is 1. The Balaban J connectivity index is 2.49. The summed E-state index contributed by atoms with van der Waals surface area (Å²) in [4.78, 5) is 11.2. The topological polar surface area (TPSA) is 52.3 Å². The minimum absolute atomic E-state index is 0.174. The van der Waals surface area contributed by atoms with Crippen molar-refractivity contribution in [2.45, 2.75) is 0 Å². The van der Waals surface area contributed by atoms with E-state index in [0.717, 1.165) is 11.1 Å². The molecule has 0 fully saturated rings. The molecule has 102 valence electrons. The van der Waals surface area contributed by atoms with Gasteiger partial charge in [-0.15, -0.1) is 0 Å². The molecule has 0 saturated heterocycles. The Kier molecular flexibility index (Phi) is 3.84. The van der Waals surface area contributed by atoms with Gasteiger partial charge in [-0.3, -0.25) is 4.79 Å². The molecule has 2 rings (SSSR count). The van der Waals surface area contributed by atoms with Gasteiger partial charge in [-0.05, 0) is 35.4 Å². The number of ether oxygens (including phenoxy) is 1. The molecule has 0 aliphatic rings. The van der Waals surface area contributed by atoms with Crippen molar-refractivity contribution in [1.82, 2.24) is 0 Å². The highest BCUT2D eigenvalue weighted by molar-refractivity contribution is 6.18. The van der Waals surface area contributed by atoms with E-state index in [1.807, 2.05) is 0 Å². The average Bonchev–Trinajstić information content (AvgIpc) is 2.45. The number of hydrogen-bond donors (Lipinski definition) is 1. The molecule has 1 amide bonds. The van der Waals surface area contributed by atoms with E-state index in [2.05, 4.69) is 6.58 Å². The summed E-state index contributed by atoms with van der Waals surface area (Å²) in [7, 11) is 1.49. The quantitative estimate of drug-likeness (QED) is 0.869. The molecule has 4 heteroatoms. The standard InChI is InChI=1S/C16H14FNO2/c1-10(16(18)19)14-7-6-12(9-15(14)20-2)11-4-3-5-13(17)8-11/h3-9H,1H2,2H3,(H2,18,19). The molecule has 2 N–H and O–H groups in total. The minimum atomic E-state index is -0.609. The van der Waals surface area contributed by atoms with Crippen molar-refractivity contribution >= 4 is 11.5 Å². The Labute approximate surface area is 116 Å². The summed E-state index contributed by atoms with van der Waals surface area (Å²) in [6.07, 6.45) is 0. The van der Waals surface area contributed by atoms with Crippen LogP contribution in [-0.2, 0) is 4.79 Å². The Bertz CT molecular complexity index is 680. The first kappa shape index (κ1) is 13.8. The number of hydrogen-bond acceptors (Lipinski definition) is 2. The third-order valence-electron chi connectivity index (χ3n) is 2.98. The van der Waals surface area contributed by atoms with Crippen molar-refractivity contribution in [2.75, 3.05) is 7.11 Å². The van der Waals surface area contributed by atoms with Crippen molar-refractivity contribution in [2.24, 2.45) is 5.73 Å². The number of benzene rings is 2. The first-order valence-corrected chi connectivity index (χ1v) is 5.96. The van der Waals surface area contributed by atoms with E-state index >= 15 is 0 Å². The van der Waals surface area contributed by atoms with E-state index < -0.39 is 5.91 Å². The molecular formula is C16H14FNO2. The van der Waals surface area contributed by atoms with Gasteiger partial charge in [0.25, 0.3) is 0 Å². The Morgan fingerprint density at radius 2 is 1.90 bits per heavy atom. The summed E-state index contributed by atoms with van der Waals surface area (Å²) in [6.45, 7) is 3.64. The van der Waals surface area contributed by atoms with Gasteiger partial charge in [0.05, 0.1) is 7.11 Å². The molecule has 0 radical (unpaired) electrons. The predicted octanol–water partition coefficient (Wildman–Crippen LogP) is 3.00. The van der Waals surface area contributed by atoms with Crippen LogP contribution in [0.3, 0.4) is 0 Å². The monoisotopic (exact) mass is 271 g/mol. The lowest BCUT2D eigenvalue weighted by Crippen LogP contribution is -2.12. The van der Waals surface area contributed by atoms with E-state index in [4.69, 9.17) is 10.5 Å². The number of primary amides is 1. The third kappa shape index (κ3) is 2.69. The van der Waals surface area contributed by atoms with E-state index in [0.29, 0.717) is 11.3 Å². The lowest BCUT2D eigenvalue weighted by atomic mass is 9.99. The second-order valence-electron chi connectivity index (χ2n) is 4.27. The van der Waals surface area contributed by atoms with Crippen molar-refractivity contribution in [1.29, 1.82) is 0 Å². The smallest absolute Gasteiger partial charge is 0.248 e. The van der Waals surface area contributed by atoms with Crippen LogP contribution in [0, 0.1) is 5.82 Å². The van der Waals surface area contributed by atoms with Crippen molar-refractivity contribution < 1.29 is 13.9 Å². The van der Waals surface area contributed by atoms with Gasteiger partial charge in [-0.1, -0.05) is 24.8 Å². The predicted molar refractivity (Wildman–Crippen MR) is 76.6 cm³/mol. The van der Waals surface area contributed by atoms with Gasteiger partial charge in [0, 0.05) is 11.1 Å². The number of amides is 1. The van der Waals surface area contributed by atoms with E-state index in [9.17, 15) is 9.18 Å². The molecule has 0 unspecified atom stereocenters. The highest BCUT2D eigenvalue weighted by atomic mass is 19.1. The summed E-state index contributed by atoms with van der Waals surface area (Å²) in [5.74, 6) is -0.454. The molecule has 0 aromatic heterocycles. The molecule has 0 aliphatic carbocycles. The first-order valence-electron chi connectivity index (χ1n) is 5.96. The van der Waals surface area contributed by atoms with Crippen molar-refractivity contribution in [3.63, 3.8) is 0 Å². The van der Waals surface area contributed by atoms with Crippen LogP contribution in [-0.4, -0.2) is 13.0 Å². The molecule has 20 heavy (non-hydrogen) atoms. The summed E-state index contributed by atoms with van der Waals surface area (Å²) in [5, 5.41) is 0. The zero-order valence-corrected chi connectivity index (χ0v) is 11.0. The summed E-state index contributed by atoms with van der Waals surface area (Å²) in [6, 6.07) is 11.4. The molecule has 0 bridgehead atoms. The fourth-order valence-corrected chi connectivity index (χ4v) is 1.92. The maximum absolute atomic E-state index is 13.2. The molecular weight excluding hydrogens is 257 g/mol. The zero-order valence-electron chi connectivity index (χ0n) is 11.0. The van der Waals surface area contributed by atoms with Crippen LogP contribution in [0.15, 0.2) is 49.0 Å². The molecule has 0 spiro atoms. The van der Waals surface area contributed by atoms with Crippen LogP contribution >= 0.6 is 0 Å². The van der Waals surface area contributed by atoms with E-state index in [1.54, 1.807) is 30.3 Å². The molecule has 2 aromatic carbocycles. The number of carbonyl (C=O) groups excluding carboxylic acids is 1. The van der Waals surface area contributed by atoms with Gasteiger partial charge < -0.3 is 10.5 Å². The Morgan fingerprint density at radius 3 is 2.50 bits per heavy atom. The van der Waals surface area contributed by atoms with Gasteiger partial charge in [-0.25, -0.2) is 4.39 Å². The molecule has 0 heterocycles. The molecule has 3 nitrogen and oxygen atoms in total. The fraction of sp³-hybridized carbons (Fsp3) is 0.0625. The molecule has 2 aromatic rings. The van der Waals surface area contributed by atoms with Crippen molar-refractivity contribution in [3.8, 4) is 16.9 Å². The molecule has 0 saturated carbocycles. The number of carbonyl (C=O) groups is 1. The fourth-order valence-electron chi connectivity index (χ4n) is 1.92. The first-order chi connectivity index (χ1) is 9.52. The molecule has 0 aliphatic heterocycles. The minimum Gasteiger partial charge on any atom is -0.496 e. The molecule has 0 atom stereocenters. The number of methoxy groups -OCH3 is 1. The maximum atomic E-state index is 13.2. The highest BCUT2D eigenvalue weighted by Gasteiger charge is 2.12. The Morgan fingerprint density at radius 1 is 1.20 bits per heavy atom. The van der Waals surface area contributed by atoms with Gasteiger partial charge in [-0.2, -0.15) is 0 Å². The SMILES string of the molecule is C=C(C(N)=O)c1ccc(-c2cccc(F)c2)cc1OC. The van der Waals surface area contributed by atoms with Crippen LogP contribution in [0.5, 0.6) is 5.75 Å². The second-order valence-corrected chi connectivity index (χ2v) is 4.27. The van der Waals surface area contributed by atoms with Crippen LogP contribution < -0.4 is 10.5 Å². The number of rotatable bonds is 4. The van der Waals surface area contributed by atoms with E-state index in [1.165, 1.54) is 19.2 Å². The van der Waals surface area contributed by atoms with Crippen LogP contribution in [0.25, 0.3) is 16.7 Å². The second kappa shape index (κ2) is 5.57. The maximum Gasteiger partial charge on any atom is 0.248 e. The lowest BCUT2D eigenvalue weighted by Gasteiger charge is -2.11. The van der Waals surface area contributed by atoms with Gasteiger partial charge in [0.2, 0.25) is 5.91 Å². The van der Waals surface area contributed by atoms with Crippen LogP contribution in [0.4, 0.5) is 4.39 Å². The van der Waals surface area contributed by atoms with Gasteiger partial charge >= 0.3 is 0 Å². The summed E-state index contributed by atoms with van der Waals surface area (Å²) >= 11 is 0. The normalized spacial score (nSPS) is 10.1. The van der Waals surface area contributed by atoms with E-state index in [-0.39, 0.29) is 11.4 Å². The summed E-state index contributed by atoms with van der Waals surface area (Å²) < 4.78 is 18.5. The largest absolute Gasteiger partial charge is 0.496 e. The average molecular weight is 271 g/mol. The Hall–Kier alpha value is -2.62. The number of halogens is 1. The van der Waals surface area contributed by atoms with Gasteiger partial charge in [0.1, 0.15) is 11.6 Å². The third-order valence-corrected chi connectivity index (χ3v) is 2.98. The zero-order chi connectivity index (χ0) is 14.7. The van der Waals surface area contributed by atoms with Gasteiger partial charge in [0.15, 0.2) is 0 Å². The highest BCUT2D eigenvalue weighted by Crippen LogP contribution is 2.31. The summed E-state index contributed by atoms with van der Waals surface area (Å²) in [5.41, 5.74) is 7.42. The lowest BCUT2D eigenvalue weighted by molar-refractivity contribution is -0.112. The van der Waals surface area contributed by atoms with Crippen LogP contribution in [0.1, 0.15) is 5.56 Å².